The quantitative estimate of drug-likeness (QED) is 0.805. The van der Waals surface area contributed by atoms with Gasteiger partial charge in [0.1, 0.15) is 5.88 Å². The summed E-state index contributed by atoms with van der Waals surface area (Å²) in [4.78, 5) is 14.8. The van der Waals surface area contributed by atoms with E-state index in [0.29, 0.717) is 18.4 Å². The number of aryl methyl sites for hydroxylation is 1. The number of aromatic nitrogens is 1. The molecule has 0 unspecified atom stereocenters. The van der Waals surface area contributed by atoms with Crippen LogP contribution in [0.3, 0.4) is 0 Å². The Balaban J connectivity index is 1.79. The maximum absolute atomic E-state index is 11.3. The van der Waals surface area contributed by atoms with Crippen molar-refractivity contribution in [2.24, 2.45) is 11.3 Å². The van der Waals surface area contributed by atoms with Crippen LogP contribution < -0.4 is 5.32 Å². The van der Waals surface area contributed by atoms with Gasteiger partial charge < -0.3 is 10.3 Å². The standard InChI is InChI=1S/C18H23ClN2O/c1-11-16(12-6-4-5-7-14(12)21-11)17-13(18(17,2)3)8-9-20-15(22)10-19/h4-7,13,17,21H,8-10H2,1-3H3,(H,20,22)/t13-,17-/m1/s1. The molecular formula is C18H23ClN2O. The van der Waals surface area contributed by atoms with Crippen LogP contribution in [0.5, 0.6) is 0 Å². The van der Waals surface area contributed by atoms with Gasteiger partial charge in [0.25, 0.3) is 0 Å². The van der Waals surface area contributed by atoms with Crippen LogP contribution in [0.25, 0.3) is 10.9 Å². The van der Waals surface area contributed by atoms with Gasteiger partial charge in [0.05, 0.1) is 0 Å². The molecule has 3 nitrogen and oxygen atoms in total. The zero-order valence-electron chi connectivity index (χ0n) is 13.4. The highest BCUT2D eigenvalue weighted by Crippen LogP contribution is 2.67. The Labute approximate surface area is 136 Å². The van der Waals surface area contributed by atoms with E-state index in [2.05, 4.69) is 55.3 Å². The lowest BCUT2D eigenvalue weighted by Crippen LogP contribution is -2.25. The summed E-state index contributed by atoms with van der Waals surface area (Å²) in [5.74, 6) is 1.11. The zero-order chi connectivity index (χ0) is 15.9. The summed E-state index contributed by atoms with van der Waals surface area (Å²) in [6.45, 7) is 7.52. The fraction of sp³-hybridized carbons (Fsp3) is 0.500. The first kappa shape index (κ1) is 15.4. The topological polar surface area (TPSA) is 44.9 Å². The molecular weight excluding hydrogens is 296 g/mol. The number of hydrogen-bond acceptors (Lipinski definition) is 1. The van der Waals surface area contributed by atoms with Crippen molar-refractivity contribution in [3.05, 3.63) is 35.5 Å². The lowest BCUT2D eigenvalue weighted by Gasteiger charge is -2.03. The molecule has 1 aromatic heterocycles. The molecule has 0 spiro atoms. The maximum Gasteiger partial charge on any atom is 0.234 e. The summed E-state index contributed by atoms with van der Waals surface area (Å²) in [7, 11) is 0. The Morgan fingerprint density at radius 1 is 1.36 bits per heavy atom. The van der Waals surface area contributed by atoms with Crippen molar-refractivity contribution in [1.82, 2.24) is 10.3 Å². The highest BCUT2D eigenvalue weighted by Gasteiger charge is 2.58. The summed E-state index contributed by atoms with van der Waals surface area (Å²) in [5.41, 5.74) is 4.22. The molecule has 2 N–H and O–H groups in total. The third kappa shape index (κ3) is 2.52. The molecule has 2 aromatic rings. The van der Waals surface area contributed by atoms with Gasteiger partial charge in [-0.15, -0.1) is 11.6 Å². The number of hydrogen-bond donors (Lipinski definition) is 2. The van der Waals surface area contributed by atoms with Crippen molar-refractivity contribution < 1.29 is 4.79 Å². The highest BCUT2D eigenvalue weighted by molar-refractivity contribution is 6.27. The molecule has 1 aromatic carbocycles. The number of amides is 1. The van der Waals surface area contributed by atoms with E-state index in [4.69, 9.17) is 11.6 Å². The lowest BCUT2D eigenvalue weighted by molar-refractivity contribution is -0.118. The second-order valence-corrected chi connectivity index (χ2v) is 7.15. The number of carbonyl (C=O) groups excluding carboxylic acids is 1. The first-order valence-corrected chi connectivity index (χ1v) is 8.40. The predicted molar refractivity (Wildman–Crippen MR) is 91.4 cm³/mol. The number of carbonyl (C=O) groups is 1. The first-order chi connectivity index (χ1) is 10.5. The Hall–Kier alpha value is -1.48. The molecule has 3 rings (SSSR count). The molecule has 1 aliphatic rings. The number of rotatable bonds is 5. The number of fused-ring (bicyclic) bond motifs is 1. The number of nitrogens with one attached hydrogen (secondary N) is 2. The maximum atomic E-state index is 11.3. The highest BCUT2D eigenvalue weighted by atomic mass is 35.5. The van der Waals surface area contributed by atoms with Crippen LogP contribution in [-0.4, -0.2) is 23.3 Å². The SMILES string of the molecule is Cc1[nH]c2ccccc2c1[C@H]1[C@@H](CCNC(=O)CCl)C1(C)C. The molecule has 1 saturated carbocycles. The minimum Gasteiger partial charge on any atom is -0.358 e. The smallest absolute Gasteiger partial charge is 0.234 e. The summed E-state index contributed by atoms with van der Waals surface area (Å²) < 4.78 is 0. The van der Waals surface area contributed by atoms with E-state index in [0.717, 1.165) is 6.42 Å². The van der Waals surface area contributed by atoms with Crippen molar-refractivity contribution in [2.75, 3.05) is 12.4 Å². The lowest BCUT2D eigenvalue weighted by atomic mass is 10.0. The van der Waals surface area contributed by atoms with Crippen LogP contribution in [0.15, 0.2) is 24.3 Å². The van der Waals surface area contributed by atoms with Crippen LogP contribution in [0.2, 0.25) is 0 Å². The van der Waals surface area contributed by atoms with Crippen molar-refractivity contribution >= 4 is 28.4 Å². The largest absolute Gasteiger partial charge is 0.358 e. The third-order valence-electron chi connectivity index (χ3n) is 5.20. The van der Waals surface area contributed by atoms with Crippen LogP contribution in [0, 0.1) is 18.3 Å². The van der Waals surface area contributed by atoms with Gasteiger partial charge in [0, 0.05) is 23.1 Å². The Morgan fingerprint density at radius 2 is 2.09 bits per heavy atom. The number of para-hydroxylation sites is 1. The van der Waals surface area contributed by atoms with E-state index in [-0.39, 0.29) is 17.2 Å². The van der Waals surface area contributed by atoms with E-state index in [1.165, 1.54) is 22.2 Å². The second kappa shape index (κ2) is 5.62. The Bertz CT molecular complexity index is 704. The average molecular weight is 319 g/mol. The normalized spacial score (nSPS) is 22.7. The molecule has 0 bridgehead atoms. The Morgan fingerprint density at radius 3 is 2.82 bits per heavy atom. The van der Waals surface area contributed by atoms with Gasteiger partial charge in [-0.1, -0.05) is 32.0 Å². The van der Waals surface area contributed by atoms with Crippen LogP contribution in [-0.2, 0) is 4.79 Å². The van der Waals surface area contributed by atoms with E-state index in [1.807, 2.05) is 0 Å². The summed E-state index contributed by atoms with van der Waals surface area (Å²) in [6, 6.07) is 8.51. The summed E-state index contributed by atoms with van der Waals surface area (Å²) in [5, 5.41) is 4.22. The van der Waals surface area contributed by atoms with E-state index in [9.17, 15) is 4.79 Å². The first-order valence-electron chi connectivity index (χ1n) is 7.86. The number of benzene rings is 1. The number of aromatic amines is 1. The molecule has 22 heavy (non-hydrogen) atoms. The van der Waals surface area contributed by atoms with Crippen molar-refractivity contribution in [2.45, 2.75) is 33.1 Å². The van der Waals surface area contributed by atoms with Crippen LogP contribution in [0.1, 0.15) is 37.4 Å². The van der Waals surface area contributed by atoms with Crippen molar-refractivity contribution in [1.29, 1.82) is 0 Å². The van der Waals surface area contributed by atoms with E-state index in [1.54, 1.807) is 0 Å². The number of H-pyrrole nitrogens is 1. The predicted octanol–water partition coefficient (Wildman–Crippen LogP) is 3.96. The fourth-order valence-corrected chi connectivity index (χ4v) is 4.06. The molecule has 2 atom stereocenters. The second-order valence-electron chi connectivity index (χ2n) is 6.89. The van der Waals surface area contributed by atoms with Gasteiger partial charge in [0.15, 0.2) is 0 Å². The minimum absolute atomic E-state index is 0.0407. The molecule has 4 heteroatoms. The monoisotopic (exact) mass is 318 g/mol. The Kier molecular flexibility index (Phi) is 3.94. The summed E-state index contributed by atoms with van der Waals surface area (Å²) >= 11 is 5.52. The number of halogens is 1. The molecule has 0 saturated heterocycles. The molecule has 1 fully saturated rings. The van der Waals surface area contributed by atoms with Crippen LogP contribution in [0.4, 0.5) is 0 Å². The molecule has 1 heterocycles. The molecule has 0 radical (unpaired) electrons. The van der Waals surface area contributed by atoms with E-state index < -0.39 is 0 Å². The van der Waals surface area contributed by atoms with E-state index >= 15 is 0 Å². The minimum atomic E-state index is -0.0834. The molecule has 1 amide bonds. The van der Waals surface area contributed by atoms with Gasteiger partial charge in [-0.3, -0.25) is 4.79 Å². The molecule has 118 valence electrons. The van der Waals surface area contributed by atoms with Crippen molar-refractivity contribution in [3.63, 3.8) is 0 Å². The third-order valence-corrected chi connectivity index (χ3v) is 5.45. The fourth-order valence-electron chi connectivity index (χ4n) is 3.97. The summed E-state index contributed by atoms with van der Waals surface area (Å²) in [6.07, 6.45) is 0.999. The van der Waals surface area contributed by atoms with Crippen LogP contribution >= 0.6 is 11.6 Å². The van der Waals surface area contributed by atoms with Gasteiger partial charge >= 0.3 is 0 Å². The number of alkyl halides is 1. The van der Waals surface area contributed by atoms with Gasteiger partial charge in [0.2, 0.25) is 5.91 Å². The average Bonchev–Trinajstić information content (AvgIpc) is 2.86. The van der Waals surface area contributed by atoms with Gasteiger partial charge in [-0.05, 0) is 42.2 Å². The van der Waals surface area contributed by atoms with Gasteiger partial charge in [-0.25, -0.2) is 0 Å². The van der Waals surface area contributed by atoms with Crippen molar-refractivity contribution in [3.8, 4) is 0 Å². The zero-order valence-corrected chi connectivity index (χ0v) is 14.1. The molecule has 1 aliphatic carbocycles. The van der Waals surface area contributed by atoms with Gasteiger partial charge in [-0.2, -0.15) is 0 Å². The molecule has 0 aliphatic heterocycles.